The predicted octanol–water partition coefficient (Wildman–Crippen LogP) is 2.48. The second-order valence-electron chi connectivity index (χ2n) is 7.03. The molecule has 2 aromatic rings. The van der Waals surface area contributed by atoms with E-state index in [4.69, 9.17) is 9.47 Å². The summed E-state index contributed by atoms with van der Waals surface area (Å²) >= 11 is 0. The van der Waals surface area contributed by atoms with Crippen LogP contribution in [-0.4, -0.2) is 24.8 Å². The van der Waals surface area contributed by atoms with Crippen molar-refractivity contribution in [2.45, 2.75) is 25.7 Å². The van der Waals surface area contributed by atoms with Gasteiger partial charge in [-0.25, -0.2) is 0 Å². The molecule has 0 amide bonds. The average molecular weight is 391 g/mol. The number of pyridine rings is 1. The summed E-state index contributed by atoms with van der Waals surface area (Å²) in [5.74, 6) is 1.14. The van der Waals surface area contributed by atoms with Crippen molar-refractivity contribution in [3.63, 3.8) is 0 Å². The molecule has 0 bridgehead atoms. The quantitative estimate of drug-likeness (QED) is 0.870. The zero-order chi connectivity index (χ0) is 19.7. The van der Waals surface area contributed by atoms with Gasteiger partial charge in [0.15, 0.2) is 6.17 Å². The maximum atomic E-state index is 13.0. The van der Waals surface area contributed by atoms with E-state index in [9.17, 15) is 13.2 Å². The first kappa shape index (κ1) is 18.7. The van der Waals surface area contributed by atoms with Crippen LogP contribution in [0.15, 0.2) is 35.5 Å². The minimum absolute atomic E-state index is 0.220. The molecule has 1 N–H and O–H groups in total. The molecule has 2 aliphatic rings. The van der Waals surface area contributed by atoms with Crippen molar-refractivity contribution in [3.05, 3.63) is 57.9 Å². The van der Waals surface area contributed by atoms with Gasteiger partial charge in [-0.1, -0.05) is 0 Å². The highest BCUT2D eigenvalue weighted by Gasteiger charge is 2.31. The summed E-state index contributed by atoms with van der Waals surface area (Å²) in [6.45, 7) is 4.00. The number of aromatic nitrogens is 1. The van der Waals surface area contributed by atoms with Crippen LogP contribution in [0.25, 0.3) is 6.20 Å². The Hall–Kier alpha value is -2.61. The van der Waals surface area contributed by atoms with E-state index >= 15 is 0 Å². The summed E-state index contributed by atoms with van der Waals surface area (Å²) in [5, 5.41) is 4.58. The lowest BCUT2D eigenvalue weighted by Crippen LogP contribution is -2.37. The molecular formula is C20H20F3N3O2. The van der Waals surface area contributed by atoms with Crippen LogP contribution in [0.4, 0.5) is 13.2 Å². The molecular weight excluding hydrogens is 371 g/mol. The van der Waals surface area contributed by atoms with Gasteiger partial charge in [0.25, 0.3) is 0 Å². The van der Waals surface area contributed by atoms with E-state index in [2.05, 4.69) is 15.3 Å². The Kier molecular flexibility index (Phi) is 4.97. The van der Waals surface area contributed by atoms with Gasteiger partial charge in [-0.3, -0.25) is 9.98 Å². The molecule has 0 spiro atoms. The fourth-order valence-corrected chi connectivity index (χ4v) is 3.33. The highest BCUT2D eigenvalue weighted by molar-refractivity contribution is 5.36. The Morgan fingerprint density at radius 3 is 2.89 bits per heavy atom. The molecule has 5 nitrogen and oxygen atoms in total. The van der Waals surface area contributed by atoms with Crippen LogP contribution >= 0.6 is 0 Å². The summed E-state index contributed by atoms with van der Waals surface area (Å²) in [4.78, 5) is 8.63. The van der Waals surface area contributed by atoms with Crippen LogP contribution in [0.3, 0.4) is 0 Å². The lowest BCUT2D eigenvalue weighted by Gasteiger charge is -2.18. The van der Waals surface area contributed by atoms with Crippen LogP contribution in [0, 0.1) is 12.8 Å². The van der Waals surface area contributed by atoms with E-state index in [-0.39, 0.29) is 5.69 Å². The molecule has 28 heavy (non-hydrogen) atoms. The number of benzene rings is 1. The topological polar surface area (TPSA) is 55.7 Å². The summed E-state index contributed by atoms with van der Waals surface area (Å²) in [5.41, 5.74) is 0.374. The number of aryl methyl sites for hydroxylation is 1. The number of hydrogen-bond acceptors (Lipinski definition) is 5. The third kappa shape index (κ3) is 3.96. The van der Waals surface area contributed by atoms with Gasteiger partial charge < -0.3 is 14.8 Å². The van der Waals surface area contributed by atoms with E-state index in [0.29, 0.717) is 12.5 Å². The summed E-state index contributed by atoms with van der Waals surface area (Å²) < 4.78 is 50.1. The highest BCUT2D eigenvalue weighted by atomic mass is 19.4. The molecule has 1 fully saturated rings. The third-order valence-corrected chi connectivity index (χ3v) is 4.86. The lowest BCUT2D eigenvalue weighted by molar-refractivity contribution is -0.137. The second-order valence-corrected chi connectivity index (χ2v) is 7.03. The van der Waals surface area contributed by atoms with E-state index in [1.807, 2.05) is 19.1 Å². The minimum atomic E-state index is -4.42. The number of halogens is 3. The number of alkyl halides is 3. The van der Waals surface area contributed by atoms with E-state index in [1.165, 1.54) is 0 Å². The predicted molar refractivity (Wildman–Crippen MR) is 96.0 cm³/mol. The van der Waals surface area contributed by atoms with Crippen molar-refractivity contribution in [1.82, 2.24) is 10.3 Å². The summed E-state index contributed by atoms with van der Waals surface area (Å²) in [6.07, 6.45) is -1.19. The molecule has 2 unspecified atom stereocenters. The molecule has 1 saturated heterocycles. The molecule has 2 aliphatic heterocycles. The Balaban J connectivity index is 1.58. The van der Waals surface area contributed by atoms with Crippen molar-refractivity contribution in [1.29, 1.82) is 0 Å². The monoisotopic (exact) mass is 391 g/mol. The SMILES string of the molecule is Cc1cc(OCC2CCOC2)cc2c1=NC(c1cc(C(F)(F)F)ccn1)NC=2. The van der Waals surface area contributed by atoms with Crippen molar-refractivity contribution in [3.8, 4) is 5.75 Å². The maximum Gasteiger partial charge on any atom is 0.416 e. The van der Waals surface area contributed by atoms with Gasteiger partial charge in [0.2, 0.25) is 0 Å². The van der Waals surface area contributed by atoms with E-state index < -0.39 is 17.9 Å². The highest BCUT2D eigenvalue weighted by Crippen LogP contribution is 2.30. The zero-order valence-corrected chi connectivity index (χ0v) is 15.3. The fraction of sp³-hybridized carbons (Fsp3) is 0.400. The molecule has 148 valence electrons. The largest absolute Gasteiger partial charge is 0.493 e. The van der Waals surface area contributed by atoms with Gasteiger partial charge in [-0.05, 0) is 43.2 Å². The van der Waals surface area contributed by atoms with Gasteiger partial charge in [-0.15, -0.1) is 0 Å². The van der Waals surface area contributed by atoms with Crippen LogP contribution in [-0.2, 0) is 10.9 Å². The first-order chi connectivity index (χ1) is 13.4. The normalized spacial score (nSPS) is 21.3. The van der Waals surface area contributed by atoms with Gasteiger partial charge in [-0.2, -0.15) is 13.2 Å². The minimum Gasteiger partial charge on any atom is -0.493 e. The first-order valence-corrected chi connectivity index (χ1v) is 9.08. The number of ether oxygens (including phenoxy) is 2. The smallest absolute Gasteiger partial charge is 0.416 e. The van der Waals surface area contributed by atoms with Gasteiger partial charge >= 0.3 is 6.18 Å². The Morgan fingerprint density at radius 2 is 2.14 bits per heavy atom. The molecule has 2 atom stereocenters. The van der Waals surface area contributed by atoms with Crippen LogP contribution in [0.2, 0.25) is 0 Å². The third-order valence-electron chi connectivity index (χ3n) is 4.86. The number of nitrogens with zero attached hydrogens (tertiary/aromatic N) is 2. The number of fused-ring (bicyclic) bond motifs is 1. The van der Waals surface area contributed by atoms with Crippen LogP contribution in [0.1, 0.15) is 29.4 Å². The van der Waals surface area contributed by atoms with Crippen LogP contribution in [0.5, 0.6) is 5.75 Å². The number of nitrogens with one attached hydrogen (secondary N) is 1. The standard InChI is InChI=1S/C20H20F3N3O2/c1-12-6-16(28-11-13-3-5-27-10-13)7-14-9-25-19(26-18(12)14)17-8-15(2-4-24-17)20(21,22)23/h2,4,6-9,13,19,25H,3,5,10-11H2,1H3. The van der Waals surface area contributed by atoms with Crippen molar-refractivity contribution in [2.24, 2.45) is 10.9 Å². The molecule has 0 aliphatic carbocycles. The maximum absolute atomic E-state index is 13.0. The Bertz CT molecular complexity index is 985. The lowest BCUT2D eigenvalue weighted by atomic mass is 10.1. The van der Waals surface area contributed by atoms with Crippen molar-refractivity contribution in [2.75, 3.05) is 19.8 Å². The fourth-order valence-electron chi connectivity index (χ4n) is 3.33. The first-order valence-electron chi connectivity index (χ1n) is 9.08. The van der Waals surface area contributed by atoms with Crippen LogP contribution < -0.4 is 20.6 Å². The van der Waals surface area contributed by atoms with E-state index in [1.54, 1.807) is 6.20 Å². The van der Waals surface area contributed by atoms with Gasteiger partial charge in [0.1, 0.15) is 5.75 Å². The molecule has 4 rings (SSSR count). The summed E-state index contributed by atoms with van der Waals surface area (Å²) in [6, 6.07) is 5.75. The Morgan fingerprint density at radius 1 is 1.29 bits per heavy atom. The molecule has 1 aromatic carbocycles. The zero-order valence-electron chi connectivity index (χ0n) is 15.3. The van der Waals surface area contributed by atoms with Crippen molar-refractivity contribution >= 4 is 6.20 Å². The molecule has 1 aromatic heterocycles. The molecule has 0 radical (unpaired) electrons. The molecule has 0 saturated carbocycles. The second kappa shape index (κ2) is 7.43. The number of hydrogen-bond donors (Lipinski definition) is 1. The van der Waals surface area contributed by atoms with E-state index in [0.717, 1.165) is 59.9 Å². The summed E-state index contributed by atoms with van der Waals surface area (Å²) in [7, 11) is 0. The Labute approximate surface area is 159 Å². The molecule has 8 heteroatoms. The number of rotatable bonds is 4. The van der Waals surface area contributed by atoms with Gasteiger partial charge in [0.05, 0.1) is 29.8 Å². The molecule has 3 heterocycles. The average Bonchev–Trinajstić information content (AvgIpc) is 3.19. The van der Waals surface area contributed by atoms with Gasteiger partial charge in [0, 0.05) is 30.1 Å². The van der Waals surface area contributed by atoms with Crippen molar-refractivity contribution < 1.29 is 22.6 Å².